The van der Waals surface area contributed by atoms with Crippen molar-refractivity contribution in [3.05, 3.63) is 71.8 Å². The van der Waals surface area contributed by atoms with E-state index in [9.17, 15) is 0 Å². The summed E-state index contributed by atoms with van der Waals surface area (Å²) < 4.78 is 8.00. The zero-order chi connectivity index (χ0) is 20.1. The number of ether oxygens (including phenoxy) is 1. The Kier molecular flexibility index (Phi) is 4.72. The Bertz CT molecular complexity index is 964. The van der Waals surface area contributed by atoms with Crippen molar-refractivity contribution in [2.24, 2.45) is 21.7 Å². The molecule has 0 N–H and O–H groups in total. The minimum absolute atomic E-state index is 0.242. The molecule has 4 atom stereocenters. The molecule has 150 valence electrons. The molecule has 2 bridgehead atoms. The zero-order valence-electron chi connectivity index (χ0n) is 17.5. The maximum absolute atomic E-state index is 6.60. The topological polar surface area (TPSA) is 21.6 Å². The standard InChI is InChI=1S/C26H29NOSe/c1-25(2)20-15-16-26(25,3)23-22(20)27-24(28-23)19-13-7-8-14-21(19)29-17-9-12-18-10-5-4-6-11-18/h4-14,20,22-23H,15-17H2,1-3H3/b12-9+/t20-,22+,23+,26+/m0/s1. The fourth-order valence-electron chi connectivity index (χ4n) is 5.69. The summed E-state index contributed by atoms with van der Waals surface area (Å²) in [6.07, 6.45) is 7.33. The molecule has 3 aliphatic rings. The molecule has 0 aromatic heterocycles. The number of hydrogen-bond donors (Lipinski definition) is 0. The monoisotopic (exact) mass is 451 g/mol. The molecule has 2 aromatic carbocycles. The molecule has 3 heteroatoms. The van der Waals surface area contributed by atoms with Gasteiger partial charge in [-0.05, 0) is 0 Å². The predicted octanol–water partition coefficient (Wildman–Crippen LogP) is 5.12. The fourth-order valence-corrected chi connectivity index (χ4v) is 7.49. The van der Waals surface area contributed by atoms with Crippen molar-refractivity contribution in [3.8, 4) is 0 Å². The molecule has 1 heterocycles. The van der Waals surface area contributed by atoms with Gasteiger partial charge in [0.05, 0.1) is 0 Å². The van der Waals surface area contributed by atoms with Crippen molar-refractivity contribution in [1.29, 1.82) is 0 Å². The van der Waals surface area contributed by atoms with Gasteiger partial charge in [0.15, 0.2) is 0 Å². The number of nitrogens with zero attached hydrogens (tertiary/aromatic N) is 1. The van der Waals surface area contributed by atoms with Crippen LogP contribution in [0.25, 0.3) is 6.08 Å². The van der Waals surface area contributed by atoms with Gasteiger partial charge >= 0.3 is 181 Å². The van der Waals surface area contributed by atoms with E-state index < -0.39 is 0 Å². The SMILES string of the molecule is CC1(C)[C@H]2CC[C@]1(C)[C@@H]1OC(c3ccccc3[Se]C/C=C/c3ccccc3)=N[C@@H]12. The van der Waals surface area contributed by atoms with Crippen LogP contribution in [0.15, 0.2) is 65.7 Å². The van der Waals surface area contributed by atoms with Gasteiger partial charge in [0.2, 0.25) is 0 Å². The van der Waals surface area contributed by atoms with Crippen LogP contribution in [0.3, 0.4) is 0 Å². The third-order valence-corrected chi connectivity index (χ3v) is 9.94. The summed E-state index contributed by atoms with van der Waals surface area (Å²) in [5.41, 5.74) is 3.05. The van der Waals surface area contributed by atoms with E-state index in [1.807, 2.05) is 0 Å². The van der Waals surface area contributed by atoms with Crippen LogP contribution >= 0.6 is 0 Å². The van der Waals surface area contributed by atoms with E-state index in [1.165, 1.54) is 28.4 Å². The van der Waals surface area contributed by atoms with Crippen LogP contribution < -0.4 is 4.46 Å². The summed E-state index contributed by atoms with van der Waals surface area (Å²) in [4.78, 5) is 5.17. The van der Waals surface area contributed by atoms with Crippen LogP contribution in [0, 0.1) is 16.7 Å². The first-order valence-electron chi connectivity index (χ1n) is 10.7. The molecule has 2 saturated carbocycles. The second kappa shape index (κ2) is 7.14. The molecular weight excluding hydrogens is 421 g/mol. The van der Waals surface area contributed by atoms with Crippen molar-refractivity contribution in [2.45, 2.75) is 51.1 Å². The maximum atomic E-state index is 6.60. The van der Waals surface area contributed by atoms with E-state index in [1.54, 1.807) is 0 Å². The van der Waals surface area contributed by atoms with E-state index in [0.29, 0.717) is 32.3 Å². The Morgan fingerprint density at radius 1 is 1.07 bits per heavy atom. The molecule has 0 amide bonds. The Labute approximate surface area is 180 Å². The second-order valence-electron chi connectivity index (χ2n) is 9.37. The molecule has 2 aliphatic carbocycles. The van der Waals surface area contributed by atoms with Crippen molar-refractivity contribution in [1.82, 2.24) is 0 Å². The quantitative estimate of drug-likeness (QED) is 0.580. The van der Waals surface area contributed by atoms with Gasteiger partial charge in [-0.15, -0.1) is 0 Å². The summed E-state index contributed by atoms with van der Waals surface area (Å²) in [6, 6.07) is 19.6. The third-order valence-electron chi connectivity index (χ3n) is 7.79. The van der Waals surface area contributed by atoms with Gasteiger partial charge in [-0.1, -0.05) is 0 Å². The van der Waals surface area contributed by atoms with Crippen LogP contribution in [-0.4, -0.2) is 33.0 Å². The molecule has 2 fully saturated rings. The number of aliphatic imine (C=N–C) groups is 1. The predicted molar refractivity (Wildman–Crippen MR) is 122 cm³/mol. The molecule has 29 heavy (non-hydrogen) atoms. The van der Waals surface area contributed by atoms with E-state index in [4.69, 9.17) is 9.73 Å². The normalized spacial score (nSPS) is 31.7. The van der Waals surface area contributed by atoms with Gasteiger partial charge in [0, 0.05) is 0 Å². The first-order valence-corrected chi connectivity index (χ1v) is 12.8. The Balaban J connectivity index is 1.33. The van der Waals surface area contributed by atoms with Crippen LogP contribution in [0.1, 0.15) is 44.7 Å². The minimum atomic E-state index is 0.242. The van der Waals surface area contributed by atoms with Crippen molar-refractivity contribution < 1.29 is 4.74 Å². The van der Waals surface area contributed by atoms with Crippen LogP contribution in [0.4, 0.5) is 0 Å². The number of rotatable bonds is 5. The molecular formula is C26H29NOSe. The summed E-state index contributed by atoms with van der Waals surface area (Å²) in [6.45, 7) is 7.29. The summed E-state index contributed by atoms with van der Waals surface area (Å²) in [7, 11) is 0. The molecule has 0 unspecified atom stereocenters. The zero-order valence-corrected chi connectivity index (χ0v) is 19.2. The molecule has 1 aliphatic heterocycles. The summed E-state index contributed by atoms with van der Waals surface area (Å²) in [5.74, 6) is 1.56. The van der Waals surface area contributed by atoms with Crippen LogP contribution in [0.5, 0.6) is 0 Å². The molecule has 0 spiro atoms. The second-order valence-corrected chi connectivity index (χ2v) is 11.6. The Morgan fingerprint density at radius 2 is 1.83 bits per heavy atom. The van der Waals surface area contributed by atoms with Gasteiger partial charge in [0.1, 0.15) is 0 Å². The van der Waals surface area contributed by atoms with Crippen molar-refractivity contribution in [2.75, 3.05) is 0 Å². The Morgan fingerprint density at radius 3 is 2.62 bits per heavy atom. The first-order chi connectivity index (χ1) is 14.0. The van der Waals surface area contributed by atoms with Crippen molar-refractivity contribution >= 4 is 31.4 Å². The van der Waals surface area contributed by atoms with Gasteiger partial charge in [-0.3, -0.25) is 0 Å². The van der Waals surface area contributed by atoms with Gasteiger partial charge in [-0.2, -0.15) is 0 Å². The molecule has 5 rings (SSSR count). The van der Waals surface area contributed by atoms with Crippen molar-refractivity contribution in [3.63, 3.8) is 0 Å². The van der Waals surface area contributed by atoms with Gasteiger partial charge in [-0.25, -0.2) is 0 Å². The first kappa shape index (κ1) is 19.2. The average molecular weight is 450 g/mol. The molecule has 2 aromatic rings. The Hall–Kier alpha value is -1.83. The van der Waals surface area contributed by atoms with E-state index in [2.05, 4.69) is 87.5 Å². The van der Waals surface area contributed by atoms with E-state index in [-0.39, 0.29) is 11.5 Å². The van der Waals surface area contributed by atoms with Crippen LogP contribution in [0.2, 0.25) is 5.32 Å². The number of hydrogen-bond acceptors (Lipinski definition) is 2. The molecule has 2 nitrogen and oxygen atoms in total. The third kappa shape index (κ3) is 3.02. The summed E-state index contributed by atoms with van der Waals surface area (Å²) in [5, 5.41) is 1.08. The average Bonchev–Trinajstić information content (AvgIpc) is 3.31. The van der Waals surface area contributed by atoms with E-state index in [0.717, 1.165) is 11.2 Å². The number of benzene rings is 2. The number of fused-ring (bicyclic) bond motifs is 5. The fraction of sp³-hybridized carbons (Fsp3) is 0.423. The molecule has 0 saturated heterocycles. The number of allylic oxidation sites excluding steroid dienone is 1. The van der Waals surface area contributed by atoms with Crippen LogP contribution in [-0.2, 0) is 4.74 Å². The van der Waals surface area contributed by atoms with Gasteiger partial charge in [0.25, 0.3) is 0 Å². The molecule has 0 radical (unpaired) electrons. The van der Waals surface area contributed by atoms with E-state index >= 15 is 0 Å². The summed E-state index contributed by atoms with van der Waals surface area (Å²) >= 11 is 0.369. The van der Waals surface area contributed by atoms with Gasteiger partial charge < -0.3 is 0 Å².